The third-order valence-electron chi connectivity index (χ3n) is 6.81. The lowest BCUT2D eigenvalue weighted by molar-refractivity contribution is -0.137. The van der Waals surface area contributed by atoms with Gasteiger partial charge in [0.25, 0.3) is 6.43 Å². The number of fused-ring (bicyclic) bond motifs is 1. The number of allylic oxidation sites excluding steroid dienone is 1. The van der Waals surface area contributed by atoms with Crippen molar-refractivity contribution in [3.8, 4) is 0 Å². The Labute approximate surface area is 188 Å². The highest BCUT2D eigenvalue weighted by Gasteiger charge is 2.58. The second kappa shape index (κ2) is 9.54. The molecule has 2 heterocycles. The van der Waals surface area contributed by atoms with Gasteiger partial charge in [0.1, 0.15) is 12.4 Å². The summed E-state index contributed by atoms with van der Waals surface area (Å²) in [6.07, 6.45) is -1.85. The predicted molar refractivity (Wildman–Crippen MR) is 115 cm³/mol. The average Bonchev–Trinajstić information content (AvgIpc) is 3.36. The summed E-state index contributed by atoms with van der Waals surface area (Å²) in [6, 6.07) is 1.26. The van der Waals surface area contributed by atoms with Crippen molar-refractivity contribution in [2.75, 3.05) is 38.6 Å². The van der Waals surface area contributed by atoms with Gasteiger partial charge in [-0.15, -0.1) is 0 Å². The zero-order chi connectivity index (χ0) is 23.8. The van der Waals surface area contributed by atoms with E-state index in [2.05, 4.69) is 14.9 Å². The van der Waals surface area contributed by atoms with Gasteiger partial charge in [-0.05, 0) is 43.2 Å². The van der Waals surface area contributed by atoms with E-state index >= 15 is 0 Å². The van der Waals surface area contributed by atoms with Crippen LogP contribution in [0.3, 0.4) is 0 Å². The Balaban J connectivity index is 1.50. The highest BCUT2D eigenvalue weighted by atomic mass is 19.4. The van der Waals surface area contributed by atoms with E-state index in [-0.39, 0.29) is 17.2 Å². The molecule has 3 aliphatic rings. The zero-order valence-electron chi connectivity index (χ0n) is 18.1. The van der Waals surface area contributed by atoms with Crippen LogP contribution in [-0.2, 0) is 10.9 Å². The molecule has 3 fully saturated rings. The molecule has 0 aromatic carbocycles. The molecule has 6 nitrogen and oxygen atoms in total. The van der Waals surface area contributed by atoms with E-state index < -0.39 is 30.5 Å². The fourth-order valence-corrected chi connectivity index (χ4v) is 5.20. The maximum Gasteiger partial charge on any atom is 0.419 e. The Morgan fingerprint density at radius 2 is 1.97 bits per heavy atom. The zero-order valence-corrected chi connectivity index (χ0v) is 18.1. The molecular formula is C22H28F5N5O. The number of rotatable bonds is 6. The number of alkyl halides is 5. The molecule has 1 aromatic rings. The van der Waals surface area contributed by atoms with E-state index in [1.165, 1.54) is 6.08 Å². The van der Waals surface area contributed by atoms with Gasteiger partial charge in [0.15, 0.2) is 0 Å². The standard InChI is InChI=1S/C22H28F5N5O/c23-19(24)11-30-18(9-17(28)12-6-16(22(25,26)27)21(29)31-10-12)20-14-7-13(8-15(14)20)32-2-1-4-33-5-3-32/h6,9-10,13-15,19-20H,1-5,7-8,11,28H2,(H2,29,31)/t13?,14-,15+,20?. The molecule has 182 valence electrons. The summed E-state index contributed by atoms with van der Waals surface area (Å²) >= 11 is 0. The normalized spacial score (nSPS) is 29.3. The first kappa shape index (κ1) is 23.9. The van der Waals surface area contributed by atoms with Gasteiger partial charge in [-0.3, -0.25) is 9.89 Å². The molecule has 4 N–H and O–H groups in total. The maximum atomic E-state index is 13.2. The van der Waals surface area contributed by atoms with Crippen LogP contribution in [-0.4, -0.2) is 60.9 Å². The largest absolute Gasteiger partial charge is 0.419 e. The number of aromatic nitrogens is 1. The van der Waals surface area contributed by atoms with Crippen molar-refractivity contribution < 1.29 is 26.7 Å². The molecule has 1 saturated heterocycles. The van der Waals surface area contributed by atoms with E-state index in [1.807, 2.05) is 0 Å². The van der Waals surface area contributed by atoms with E-state index in [0.29, 0.717) is 30.2 Å². The number of anilines is 1. The molecule has 11 heteroatoms. The molecule has 2 saturated carbocycles. The van der Waals surface area contributed by atoms with Gasteiger partial charge in [0.05, 0.1) is 12.2 Å². The topological polar surface area (TPSA) is 89.8 Å². The number of nitrogen functional groups attached to an aromatic ring is 1. The number of pyridine rings is 1. The van der Waals surface area contributed by atoms with Crippen LogP contribution in [0.5, 0.6) is 0 Å². The van der Waals surface area contributed by atoms with Crippen LogP contribution >= 0.6 is 0 Å². The van der Waals surface area contributed by atoms with Gasteiger partial charge in [0.2, 0.25) is 0 Å². The summed E-state index contributed by atoms with van der Waals surface area (Å²) < 4.78 is 70.8. The summed E-state index contributed by atoms with van der Waals surface area (Å²) in [5.41, 5.74) is 10.8. The molecule has 2 unspecified atom stereocenters. The summed E-state index contributed by atoms with van der Waals surface area (Å²) in [5, 5.41) is 0. The SMILES string of the molecule is NC(=CC(=NCC(F)F)C1[C@H]2CC(N3CCCOCC3)C[C@@H]12)c1cnc(N)c(C(F)(F)F)c1. The molecular weight excluding hydrogens is 445 g/mol. The number of nitrogens with two attached hydrogens (primary N) is 2. The molecule has 0 bridgehead atoms. The van der Waals surface area contributed by atoms with Gasteiger partial charge < -0.3 is 16.2 Å². The molecule has 1 aromatic heterocycles. The summed E-state index contributed by atoms with van der Waals surface area (Å²) in [7, 11) is 0. The monoisotopic (exact) mass is 473 g/mol. The van der Waals surface area contributed by atoms with Crippen molar-refractivity contribution in [1.82, 2.24) is 9.88 Å². The van der Waals surface area contributed by atoms with Crippen LogP contribution < -0.4 is 11.5 Å². The van der Waals surface area contributed by atoms with Gasteiger partial charge in [-0.25, -0.2) is 13.8 Å². The van der Waals surface area contributed by atoms with Crippen molar-refractivity contribution in [2.45, 2.75) is 37.9 Å². The smallest absolute Gasteiger partial charge is 0.398 e. The minimum atomic E-state index is -4.68. The lowest BCUT2D eigenvalue weighted by Gasteiger charge is -2.28. The van der Waals surface area contributed by atoms with Crippen molar-refractivity contribution in [2.24, 2.45) is 28.5 Å². The molecule has 0 spiro atoms. The highest BCUT2D eigenvalue weighted by molar-refractivity contribution is 6.04. The number of aliphatic imine (C=N–C) groups is 1. The van der Waals surface area contributed by atoms with E-state index in [0.717, 1.165) is 51.2 Å². The lowest BCUT2D eigenvalue weighted by Crippen LogP contribution is -2.37. The number of hydrogen-bond acceptors (Lipinski definition) is 6. The lowest BCUT2D eigenvalue weighted by atomic mass is 10.0. The van der Waals surface area contributed by atoms with Crippen LogP contribution in [0.4, 0.5) is 27.8 Å². The quantitative estimate of drug-likeness (QED) is 0.488. The Bertz CT molecular complexity index is 899. The number of halogens is 5. The second-order valence-corrected chi connectivity index (χ2v) is 8.89. The first-order valence-corrected chi connectivity index (χ1v) is 11.1. The summed E-state index contributed by atoms with van der Waals surface area (Å²) in [4.78, 5) is 10.1. The van der Waals surface area contributed by atoms with Gasteiger partial charge in [-0.1, -0.05) is 0 Å². The van der Waals surface area contributed by atoms with E-state index in [4.69, 9.17) is 16.2 Å². The van der Waals surface area contributed by atoms with Crippen LogP contribution in [0.2, 0.25) is 0 Å². The molecule has 33 heavy (non-hydrogen) atoms. The highest BCUT2D eigenvalue weighted by Crippen LogP contribution is 2.59. The van der Waals surface area contributed by atoms with E-state index in [1.54, 1.807) is 0 Å². The fraction of sp³-hybridized carbons (Fsp3) is 0.636. The Kier molecular flexibility index (Phi) is 6.90. The van der Waals surface area contributed by atoms with Crippen LogP contribution in [0.15, 0.2) is 23.3 Å². The van der Waals surface area contributed by atoms with E-state index in [9.17, 15) is 22.0 Å². The average molecular weight is 473 g/mol. The number of hydrogen-bond donors (Lipinski definition) is 2. The fourth-order valence-electron chi connectivity index (χ4n) is 5.20. The minimum absolute atomic E-state index is 0.00722. The third-order valence-corrected chi connectivity index (χ3v) is 6.81. The Morgan fingerprint density at radius 1 is 1.24 bits per heavy atom. The molecule has 4 rings (SSSR count). The van der Waals surface area contributed by atoms with Crippen LogP contribution in [0, 0.1) is 17.8 Å². The minimum Gasteiger partial charge on any atom is -0.398 e. The first-order valence-electron chi connectivity index (χ1n) is 11.1. The second-order valence-electron chi connectivity index (χ2n) is 8.89. The van der Waals surface area contributed by atoms with Crippen molar-refractivity contribution in [3.63, 3.8) is 0 Å². The molecule has 1 aliphatic heterocycles. The molecule has 0 radical (unpaired) electrons. The Morgan fingerprint density at radius 3 is 2.64 bits per heavy atom. The first-order chi connectivity index (χ1) is 15.6. The number of nitrogens with zero attached hydrogens (tertiary/aromatic N) is 3. The van der Waals surface area contributed by atoms with Crippen LogP contribution in [0.1, 0.15) is 30.4 Å². The number of ether oxygens (including phenoxy) is 1. The molecule has 0 amide bonds. The maximum absolute atomic E-state index is 13.2. The Hall–Kier alpha value is -2.27. The third kappa shape index (κ3) is 5.46. The van der Waals surface area contributed by atoms with Gasteiger partial charge in [-0.2, -0.15) is 13.2 Å². The van der Waals surface area contributed by atoms with Crippen molar-refractivity contribution in [1.29, 1.82) is 0 Å². The molecule has 2 aliphatic carbocycles. The van der Waals surface area contributed by atoms with Crippen molar-refractivity contribution >= 4 is 17.2 Å². The summed E-state index contributed by atoms with van der Waals surface area (Å²) in [6.45, 7) is 2.68. The molecule has 4 atom stereocenters. The summed E-state index contributed by atoms with van der Waals surface area (Å²) in [5.74, 6) is -0.0252. The van der Waals surface area contributed by atoms with Gasteiger partial charge >= 0.3 is 6.18 Å². The predicted octanol–water partition coefficient (Wildman–Crippen LogP) is 3.44. The van der Waals surface area contributed by atoms with Crippen molar-refractivity contribution in [3.05, 3.63) is 29.5 Å². The van der Waals surface area contributed by atoms with Crippen LogP contribution in [0.25, 0.3) is 5.70 Å². The van der Waals surface area contributed by atoms with Gasteiger partial charge in [0, 0.05) is 54.8 Å².